The number of nitrogens with zero attached hydrogens (tertiary/aromatic N) is 3. The van der Waals surface area contributed by atoms with E-state index in [9.17, 15) is 0 Å². The van der Waals surface area contributed by atoms with Crippen LogP contribution in [-0.2, 0) is 6.42 Å². The largest absolute Gasteiger partial charge is 0.369 e. The Kier molecular flexibility index (Phi) is 5.90. The molecule has 2 aromatic carbocycles. The van der Waals surface area contributed by atoms with Crippen molar-refractivity contribution >= 4 is 16.6 Å². The zero-order valence-corrected chi connectivity index (χ0v) is 21.2. The van der Waals surface area contributed by atoms with Gasteiger partial charge in [-0.1, -0.05) is 43.7 Å². The molecule has 3 aliphatic rings. The molecule has 3 aliphatic heterocycles. The molecule has 1 fully saturated rings. The monoisotopic (exact) mass is 456 g/mol. The molecule has 34 heavy (non-hydrogen) atoms. The zero-order valence-electron chi connectivity index (χ0n) is 21.2. The number of aromatic nitrogens is 1. The minimum absolute atomic E-state index is 0.455. The first-order chi connectivity index (χ1) is 16.6. The smallest absolute Gasteiger partial charge is 0.0483 e. The Morgan fingerprint density at radius 2 is 1.85 bits per heavy atom. The number of hydrogen-bond donors (Lipinski definition) is 1. The molecule has 4 heteroatoms. The van der Waals surface area contributed by atoms with Gasteiger partial charge in [0.25, 0.3) is 0 Å². The summed E-state index contributed by atoms with van der Waals surface area (Å²) in [7, 11) is 4.60. The Labute approximate surface area is 204 Å². The number of fused-ring (bicyclic) bond motifs is 6. The predicted molar refractivity (Wildman–Crippen MR) is 143 cm³/mol. The first kappa shape index (κ1) is 22.2. The normalized spacial score (nSPS) is 26.3. The van der Waals surface area contributed by atoms with Crippen molar-refractivity contribution in [1.29, 1.82) is 0 Å². The standard InChI is InChI=1S/C30H40N4/c1-4-34-18-15-24-26-19-21(12-13-28(26)33(3)29(24)20-34)22-9-7-8-16-32(2)17-14-25-23-10-5-6-11-27(23)31-30(22)25/h5-6,10-13,19,22,24,29,31H,4,7-9,14-18,20H2,1-3H3. The predicted octanol–water partition coefficient (Wildman–Crippen LogP) is 5.59. The SMILES string of the molecule is CCN1CCC2c3cc(C4CCCCN(C)CCc5c4[nH]c4ccccc54)ccc3N(C)C2C1. The van der Waals surface area contributed by atoms with Gasteiger partial charge in [0, 0.05) is 60.3 Å². The van der Waals surface area contributed by atoms with E-state index in [1.165, 1.54) is 79.7 Å². The fraction of sp³-hybridized carbons (Fsp3) is 0.533. The van der Waals surface area contributed by atoms with Crippen LogP contribution in [0, 0.1) is 0 Å². The highest BCUT2D eigenvalue weighted by atomic mass is 15.2. The topological polar surface area (TPSA) is 25.5 Å². The van der Waals surface area contributed by atoms with Gasteiger partial charge in [-0.3, -0.25) is 0 Å². The van der Waals surface area contributed by atoms with Gasteiger partial charge in [-0.2, -0.15) is 0 Å². The highest BCUT2D eigenvalue weighted by molar-refractivity contribution is 5.85. The van der Waals surface area contributed by atoms with Crippen molar-refractivity contribution < 1.29 is 0 Å². The number of likely N-dealkylation sites (tertiary alicyclic amines) is 1. The first-order valence-corrected chi connectivity index (χ1v) is 13.5. The van der Waals surface area contributed by atoms with E-state index >= 15 is 0 Å². The number of aromatic amines is 1. The summed E-state index contributed by atoms with van der Waals surface area (Å²) in [6.07, 6.45) is 6.19. The van der Waals surface area contributed by atoms with Crippen LogP contribution in [0.5, 0.6) is 0 Å². The second-order valence-corrected chi connectivity index (χ2v) is 10.9. The van der Waals surface area contributed by atoms with E-state index in [0.29, 0.717) is 17.9 Å². The van der Waals surface area contributed by atoms with Crippen molar-refractivity contribution in [2.24, 2.45) is 0 Å². The molecule has 0 saturated carbocycles. The molecular weight excluding hydrogens is 416 g/mol. The number of nitrogens with one attached hydrogen (secondary N) is 1. The molecule has 1 aromatic heterocycles. The number of H-pyrrole nitrogens is 1. The fourth-order valence-electron chi connectivity index (χ4n) is 7.04. The van der Waals surface area contributed by atoms with E-state index < -0.39 is 0 Å². The van der Waals surface area contributed by atoms with Gasteiger partial charge in [-0.05, 0) is 81.2 Å². The van der Waals surface area contributed by atoms with Gasteiger partial charge in [0.2, 0.25) is 0 Å². The second-order valence-electron chi connectivity index (χ2n) is 10.9. The number of likely N-dealkylation sites (N-methyl/N-ethyl adjacent to an activating group) is 3. The maximum Gasteiger partial charge on any atom is 0.0483 e. The Bertz CT molecular complexity index is 1160. The molecule has 3 unspecified atom stereocenters. The van der Waals surface area contributed by atoms with E-state index in [2.05, 4.69) is 83.2 Å². The van der Waals surface area contributed by atoms with Crippen LogP contribution in [0.25, 0.3) is 10.9 Å². The minimum Gasteiger partial charge on any atom is -0.369 e. The summed E-state index contributed by atoms with van der Waals surface area (Å²) in [6.45, 7) is 8.24. The number of rotatable bonds is 2. The van der Waals surface area contributed by atoms with E-state index in [-0.39, 0.29) is 0 Å². The number of piperidine rings is 1. The van der Waals surface area contributed by atoms with Crippen LogP contribution in [-0.4, -0.2) is 67.6 Å². The quantitative estimate of drug-likeness (QED) is 0.545. The zero-order chi connectivity index (χ0) is 23.2. The number of hydrogen-bond acceptors (Lipinski definition) is 3. The molecule has 0 amide bonds. The van der Waals surface area contributed by atoms with Crippen molar-refractivity contribution in [2.45, 2.75) is 56.9 Å². The third-order valence-electron chi connectivity index (χ3n) is 9.07. The Hall–Kier alpha value is -2.30. The summed E-state index contributed by atoms with van der Waals surface area (Å²) in [4.78, 5) is 11.6. The van der Waals surface area contributed by atoms with Crippen LogP contribution in [0.15, 0.2) is 42.5 Å². The highest BCUT2D eigenvalue weighted by Crippen LogP contribution is 2.46. The maximum absolute atomic E-state index is 3.91. The summed E-state index contributed by atoms with van der Waals surface area (Å²) in [5.41, 5.74) is 8.91. The molecule has 0 bridgehead atoms. The van der Waals surface area contributed by atoms with Gasteiger partial charge < -0.3 is 19.7 Å². The average Bonchev–Trinajstić information content (AvgIpc) is 3.37. The lowest BCUT2D eigenvalue weighted by Gasteiger charge is -2.37. The van der Waals surface area contributed by atoms with E-state index in [0.717, 1.165) is 13.0 Å². The van der Waals surface area contributed by atoms with Crippen molar-refractivity contribution in [2.75, 3.05) is 51.7 Å². The third kappa shape index (κ3) is 3.76. The lowest BCUT2D eigenvalue weighted by atomic mass is 9.83. The van der Waals surface area contributed by atoms with E-state index in [1.54, 1.807) is 11.1 Å². The minimum atomic E-state index is 0.455. The van der Waals surface area contributed by atoms with Crippen molar-refractivity contribution in [3.05, 3.63) is 64.8 Å². The highest BCUT2D eigenvalue weighted by Gasteiger charge is 2.40. The second kappa shape index (κ2) is 9.05. The van der Waals surface area contributed by atoms with Gasteiger partial charge in [0.05, 0.1) is 0 Å². The number of benzene rings is 2. The summed E-state index contributed by atoms with van der Waals surface area (Å²) in [5, 5.41) is 1.42. The van der Waals surface area contributed by atoms with Crippen LogP contribution < -0.4 is 4.90 Å². The van der Waals surface area contributed by atoms with E-state index in [4.69, 9.17) is 0 Å². The molecule has 3 aromatic rings. The average molecular weight is 457 g/mol. The van der Waals surface area contributed by atoms with Crippen LogP contribution in [0.2, 0.25) is 0 Å². The molecule has 4 nitrogen and oxygen atoms in total. The van der Waals surface area contributed by atoms with Crippen molar-refractivity contribution in [3.63, 3.8) is 0 Å². The van der Waals surface area contributed by atoms with Crippen LogP contribution in [0.1, 0.15) is 66.8 Å². The number of anilines is 1. The molecule has 6 rings (SSSR count). The van der Waals surface area contributed by atoms with Crippen LogP contribution in [0.3, 0.4) is 0 Å². The molecule has 1 N–H and O–H groups in total. The molecule has 0 aliphatic carbocycles. The molecular formula is C30H40N4. The van der Waals surface area contributed by atoms with Crippen molar-refractivity contribution in [3.8, 4) is 0 Å². The van der Waals surface area contributed by atoms with Gasteiger partial charge in [-0.25, -0.2) is 0 Å². The molecule has 3 atom stereocenters. The maximum atomic E-state index is 3.91. The third-order valence-corrected chi connectivity index (χ3v) is 9.07. The number of para-hydroxylation sites is 1. The van der Waals surface area contributed by atoms with Crippen LogP contribution in [0.4, 0.5) is 5.69 Å². The molecule has 180 valence electrons. The van der Waals surface area contributed by atoms with Crippen LogP contribution >= 0.6 is 0 Å². The van der Waals surface area contributed by atoms with E-state index in [1.807, 2.05) is 0 Å². The van der Waals surface area contributed by atoms with Crippen molar-refractivity contribution in [1.82, 2.24) is 14.8 Å². The lowest BCUT2D eigenvalue weighted by molar-refractivity contribution is 0.204. The first-order valence-electron chi connectivity index (χ1n) is 13.5. The molecule has 0 spiro atoms. The Morgan fingerprint density at radius 1 is 0.971 bits per heavy atom. The lowest BCUT2D eigenvalue weighted by Crippen LogP contribution is -2.47. The molecule has 0 radical (unpaired) electrons. The summed E-state index contributed by atoms with van der Waals surface area (Å²) in [6, 6.07) is 17.1. The van der Waals surface area contributed by atoms with Gasteiger partial charge in [-0.15, -0.1) is 0 Å². The summed E-state index contributed by atoms with van der Waals surface area (Å²) in [5.74, 6) is 1.13. The fourth-order valence-corrected chi connectivity index (χ4v) is 7.04. The summed E-state index contributed by atoms with van der Waals surface area (Å²) < 4.78 is 0. The van der Waals surface area contributed by atoms with Gasteiger partial charge in [0.15, 0.2) is 0 Å². The molecule has 4 heterocycles. The van der Waals surface area contributed by atoms with Gasteiger partial charge in [0.1, 0.15) is 0 Å². The Morgan fingerprint density at radius 3 is 2.74 bits per heavy atom. The Balaban J connectivity index is 1.41. The molecule has 1 saturated heterocycles. The summed E-state index contributed by atoms with van der Waals surface area (Å²) >= 11 is 0. The van der Waals surface area contributed by atoms with Gasteiger partial charge >= 0.3 is 0 Å².